The van der Waals surface area contributed by atoms with Crippen molar-refractivity contribution < 1.29 is 18.4 Å². The fraction of sp³-hybridized carbons (Fsp3) is 0.136. The summed E-state index contributed by atoms with van der Waals surface area (Å²) in [6, 6.07) is 8.93. The Hall–Kier alpha value is -1.43. The lowest BCUT2D eigenvalue weighted by Gasteiger charge is -2.11. The van der Waals surface area contributed by atoms with E-state index in [1.165, 1.54) is 40.8 Å². The van der Waals surface area contributed by atoms with E-state index in [-0.39, 0.29) is 19.8 Å². The molecular formula is C22H11Cl5F2IN3O2. The number of carbonyl (C=O) groups is 2. The maximum absolute atomic E-state index is 14.2. The van der Waals surface area contributed by atoms with Crippen LogP contribution in [0.15, 0.2) is 42.6 Å². The third-order valence-electron chi connectivity index (χ3n) is 5.21. The SMILES string of the molecule is O=C(Nc1ncc(F)c(I)c1F)c1cc(NC(=O)[C@H]2[C@H](c3cc(Cl)cc(Cl)c3)C2(Cl)Cl)ccc1Cl. The van der Waals surface area contributed by atoms with Crippen LogP contribution in [0.1, 0.15) is 21.8 Å². The van der Waals surface area contributed by atoms with Crippen molar-refractivity contribution in [3.05, 3.63) is 84.0 Å². The second kappa shape index (κ2) is 10.1. The number of rotatable bonds is 5. The van der Waals surface area contributed by atoms with Gasteiger partial charge in [0, 0.05) is 21.7 Å². The van der Waals surface area contributed by atoms with E-state index in [1.807, 2.05) is 0 Å². The van der Waals surface area contributed by atoms with E-state index >= 15 is 0 Å². The van der Waals surface area contributed by atoms with Crippen molar-refractivity contribution in [1.82, 2.24) is 4.98 Å². The molecule has 0 aliphatic heterocycles. The third kappa shape index (κ3) is 5.47. The molecule has 182 valence electrons. The highest BCUT2D eigenvalue weighted by Crippen LogP contribution is 2.65. The normalized spacial score (nSPS) is 18.2. The zero-order chi connectivity index (χ0) is 25.7. The van der Waals surface area contributed by atoms with E-state index in [1.54, 1.807) is 18.2 Å². The van der Waals surface area contributed by atoms with Gasteiger partial charge in [0.2, 0.25) is 5.91 Å². The molecule has 0 unspecified atom stereocenters. The lowest BCUT2D eigenvalue weighted by molar-refractivity contribution is -0.117. The van der Waals surface area contributed by atoms with Gasteiger partial charge in [-0.1, -0.05) is 34.8 Å². The number of nitrogens with zero attached hydrogens (tertiary/aromatic N) is 1. The van der Waals surface area contributed by atoms with E-state index in [0.717, 1.165) is 6.20 Å². The molecule has 2 aromatic carbocycles. The van der Waals surface area contributed by atoms with E-state index in [9.17, 15) is 18.4 Å². The predicted molar refractivity (Wildman–Crippen MR) is 142 cm³/mol. The first-order valence-electron chi connectivity index (χ1n) is 9.65. The summed E-state index contributed by atoms with van der Waals surface area (Å²) in [5, 5.41) is 5.67. The Bertz CT molecular complexity index is 1350. The molecule has 1 aromatic heterocycles. The Morgan fingerprint density at radius 3 is 2.31 bits per heavy atom. The summed E-state index contributed by atoms with van der Waals surface area (Å²) in [5.74, 6) is -5.08. The van der Waals surface area contributed by atoms with Crippen LogP contribution in [0.25, 0.3) is 0 Å². The quantitative estimate of drug-likeness (QED) is 0.213. The highest BCUT2D eigenvalue weighted by Gasteiger charge is 2.67. The molecular weight excluding hydrogens is 680 g/mol. The smallest absolute Gasteiger partial charge is 0.258 e. The number of amides is 2. The molecule has 2 N–H and O–H groups in total. The Morgan fingerprint density at radius 1 is 1.00 bits per heavy atom. The molecule has 5 nitrogen and oxygen atoms in total. The number of benzene rings is 2. The van der Waals surface area contributed by atoms with Crippen molar-refractivity contribution in [3.63, 3.8) is 0 Å². The van der Waals surface area contributed by atoms with Crippen LogP contribution >= 0.6 is 80.6 Å². The highest BCUT2D eigenvalue weighted by atomic mass is 127. The van der Waals surface area contributed by atoms with Crippen molar-refractivity contribution in [2.75, 3.05) is 10.6 Å². The number of hydrogen-bond donors (Lipinski definition) is 2. The molecule has 1 aliphatic carbocycles. The van der Waals surface area contributed by atoms with Crippen molar-refractivity contribution in [3.8, 4) is 0 Å². The average molecular weight is 692 g/mol. The lowest BCUT2D eigenvalue weighted by atomic mass is 10.1. The average Bonchev–Trinajstić information content (AvgIpc) is 3.36. The standard InChI is InChI=1S/C22H11Cl5F2IN3O2/c23-9-3-8(4-10(24)5-9)15-16(22(15,26)27)21(35)32-11-1-2-13(25)12(6-11)20(34)33-19-17(29)18(30)14(28)7-31-19/h1-7,15-16H,(H,32,35)(H,31,33,34)/t15-,16+/m0/s1. The van der Waals surface area contributed by atoms with Crippen molar-refractivity contribution in [2.45, 2.75) is 10.3 Å². The number of alkyl halides is 2. The molecule has 3 aromatic rings. The van der Waals surface area contributed by atoms with Crippen molar-refractivity contribution in [1.29, 1.82) is 0 Å². The van der Waals surface area contributed by atoms with E-state index in [0.29, 0.717) is 15.6 Å². The van der Waals surface area contributed by atoms with Crippen LogP contribution in [-0.4, -0.2) is 21.1 Å². The number of aromatic nitrogens is 1. The summed E-state index contributed by atoms with van der Waals surface area (Å²) in [7, 11) is 0. The largest absolute Gasteiger partial charge is 0.326 e. The lowest BCUT2D eigenvalue weighted by Crippen LogP contribution is -2.19. The van der Waals surface area contributed by atoms with Gasteiger partial charge in [0.25, 0.3) is 5.91 Å². The van der Waals surface area contributed by atoms with Crippen LogP contribution in [0.2, 0.25) is 15.1 Å². The first-order valence-corrected chi connectivity index (χ1v) is 12.6. The summed E-state index contributed by atoms with van der Waals surface area (Å²) in [5.41, 5.74) is 0.736. The fourth-order valence-corrected chi connectivity index (χ4v) is 5.49. The van der Waals surface area contributed by atoms with E-state index in [4.69, 9.17) is 58.0 Å². The zero-order valence-corrected chi connectivity index (χ0v) is 22.9. The van der Waals surface area contributed by atoms with Gasteiger partial charge in [-0.15, -0.1) is 23.2 Å². The van der Waals surface area contributed by atoms with Crippen LogP contribution in [0.3, 0.4) is 0 Å². The highest BCUT2D eigenvalue weighted by molar-refractivity contribution is 14.1. The van der Waals surface area contributed by atoms with E-state index < -0.39 is 45.4 Å². The second-order valence-electron chi connectivity index (χ2n) is 7.55. The number of nitrogens with one attached hydrogen (secondary N) is 2. The summed E-state index contributed by atoms with van der Waals surface area (Å²) >= 11 is 32.4. The van der Waals surface area contributed by atoms with Gasteiger partial charge in [-0.25, -0.2) is 13.8 Å². The fourth-order valence-electron chi connectivity index (χ4n) is 3.52. The van der Waals surface area contributed by atoms with Gasteiger partial charge >= 0.3 is 0 Å². The van der Waals surface area contributed by atoms with Crippen molar-refractivity contribution >= 4 is 104 Å². The van der Waals surface area contributed by atoms with Gasteiger partial charge in [0.1, 0.15) is 4.33 Å². The van der Waals surface area contributed by atoms with Crippen molar-refractivity contribution in [2.24, 2.45) is 5.92 Å². The van der Waals surface area contributed by atoms with Crippen LogP contribution in [-0.2, 0) is 4.79 Å². The minimum Gasteiger partial charge on any atom is -0.326 e. The molecule has 0 spiro atoms. The number of halogens is 8. The molecule has 0 bridgehead atoms. The Morgan fingerprint density at radius 2 is 1.66 bits per heavy atom. The van der Waals surface area contributed by atoms with Gasteiger partial charge in [0.05, 0.1) is 26.3 Å². The molecule has 1 aliphatic rings. The molecule has 0 saturated heterocycles. The minimum atomic E-state index is -1.40. The maximum Gasteiger partial charge on any atom is 0.258 e. The van der Waals surface area contributed by atoms with Gasteiger partial charge in [0.15, 0.2) is 17.5 Å². The van der Waals surface area contributed by atoms with Crippen LogP contribution in [0, 0.1) is 21.1 Å². The summed E-state index contributed by atoms with van der Waals surface area (Å²) in [6.07, 6.45) is 0.780. The summed E-state index contributed by atoms with van der Waals surface area (Å²) < 4.78 is 25.9. The monoisotopic (exact) mass is 689 g/mol. The Kier molecular flexibility index (Phi) is 7.72. The number of carbonyl (C=O) groups excluding carboxylic acids is 2. The maximum atomic E-state index is 14.2. The molecule has 35 heavy (non-hydrogen) atoms. The number of pyridine rings is 1. The molecule has 13 heteroatoms. The van der Waals surface area contributed by atoms with Crippen LogP contribution in [0.5, 0.6) is 0 Å². The Labute approximate surface area is 236 Å². The van der Waals surface area contributed by atoms with Crippen LogP contribution < -0.4 is 10.6 Å². The number of anilines is 2. The minimum absolute atomic E-state index is 0.0274. The molecule has 1 heterocycles. The molecule has 4 rings (SSSR count). The van der Waals surface area contributed by atoms with Crippen LogP contribution in [0.4, 0.5) is 20.3 Å². The van der Waals surface area contributed by atoms with E-state index in [2.05, 4.69) is 15.6 Å². The Balaban J connectivity index is 1.52. The first-order chi connectivity index (χ1) is 16.4. The number of hydrogen-bond acceptors (Lipinski definition) is 3. The molecule has 1 fully saturated rings. The predicted octanol–water partition coefficient (Wildman–Crippen LogP) is 7.70. The second-order valence-corrected chi connectivity index (χ2v) is 11.4. The topological polar surface area (TPSA) is 71.1 Å². The zero-order valence-electron chi connectivity index (χ0n) is 17.0. The summed E-state index contributed by atoms with van der Waals surface area (Å²) in [6.45, 7) is 0. The van der Waals surface area contributed by atoms with Gasteiger partial charge in [-0.05, 0) is 64.6 Å². The van der Waals surface area contributed by atoms with Gasteiger partial charge < -0.3 is 10.6 Å². The van der Waals surface area contributed by atoms with Gasteiger partial charge in [-0.2, -0.15) is 0 Å². The first kappa shape index (κ1) is 26.6. The third-order valence-corrected chi connectivity index (χ3v) is 7.90. The molecule has 1 saturated carbocycles. The molecule has 0 radical (unpaired) electrons. The summed E-state index contributed by atoms with van der Waals surface area (Å²) in [4.78, 5) is 29.2. The molecule has 2 atom stereocenters. The molecule has 2 amide bonds. The van der Waals surface area contributed by atoms with Gasteiger partial charge in [-0.3, -0.25) is 9.59 Å².